The molecule has 27 heavy (non-hydrogen) atoms. The van der Waals surface area contributed by atoms with E-state index in [1.165, 1.54) is 43.4 Å². The standard InChI is InChI=1S/C22H33N5/c1-5-27(6-2)19-12-13-20(16(3)14-19)25-22-23-17(4)15-21(26-22)24-18-10-8-7-9-11-18/h12-15,18H,5-11H2,1-4H3,(H2,23,24,25,26). The van der Waals surface area contributed by atoms with Crippen molar-refractivity contribution in [3.05, 3.63) is 35.5 Å². The van der Waals surface area contributed by atoms with Crippen LogP contribution >= 0.6 is 0 Å². The molecule has 0 saturated heterocycles. The van der Waals surface area contributed by atoms with Gasteiger partial charge in [0.25, 0.3) is 0 Å². The molecule has 146 valence electrons. The fourth-order valence-corrected chi connectivity index (χ4v) is 3.85. The maximum atomic E-state index is 4.71. The van der Waals surface area contributed by atoms with Gasteiger partial charge in [-0.3, -0.25) is 0 Å². The van der Waals surface area contributed by atoms with Crippen molar-refractivity contribution < 1.29 is 0 Å². The number of hydrogen-bond donors (Lipinski definition) is 2. The first-order valence-electron chi connectivity index (χ1n) is 10.3. The fraction of sp³-hybridized carbons (Fsp3) is 0.545. The predicted molar refractivity (Wildman–Crippen MR) is 115 cm³/mol. The second-order valence-corrected chi connectivity index (χ2v) is 7.49. The van der Waals surface area contributed by atoms with E-state index in [2.05, 4.69) is 59.5 Å². The van der Waals surface area contributed by atoms with Crippen LogP contribution in [0.1, 0.15) is 57.2 Å². The van der Waals surface area contributed by atoms with Crippen LogP contribution in [0, 0.1) is 13.8 Å². The molecule has 1 aliphatic rings. The number of rotatable bonds is 7. The van der Waals surface area contributed by atoms with Gasteiger partial charge < -0.3 is 15.5 Å². The molecule has 2 aromatic rings. The third-order valence-electron chi connectivity index (χ3n) is 5.40. The minimum atomic E-state index is 0.538. The van der Waals surface area contributed by atoms with Gasteiger partial charge in [-0.2, -0.15) is 4.98 Å². The van der Waals surface area contributed by atoms with Crippen molar-refractivity contribution in [1.29, 1.82) is 0 Å². The molecular weight excluding hydrogens is 334 g/mol. The maximum absolute atomic E-state index is 4.71. The highest BCUT2D eigenvalue weighted by atomic mass is 15.2. The fourth-order valence-electron chi connectivity index (χ4n) is 3.85. The lowest BCUT2D eigenvalue weighted by Crippen LogP contribution is -2.23. The SMILES string of the molecule is CCN(CC)c1ccc(Nc2nc(C)cc(NC3CCCCC3)n2)c(C)c1. The molecule has 5 nitrogen and oxygen atoms in total. The summed E-state index contributed by atoms with van der Waals surface area (Å²) in [5, 5.41) is 7.02. The summed E-state index contributed by atoms with van der Waals surface area (Å²) in [5.74, 6) is 1.58. The van der Waals surface area contributed by atoms with Crippen LogP contribution in [0.4, 0.5) is 23.1 Å². The second kappa shape index (κ2) is 9.07. The highest BCUT2D eigenvalue weighted by Gasteiger charge is 2.14. The summed E-state index contributed by atoms with van der Waals surface area (Å²) in [6.07, 6.45) is 6.45. The number of aryl methyl sites for hydroxylation is 2. The van der Waals surface area contributed by atoms with E-state index in [1.54, 1.807) is 0 Å². The summed E-state index contributed by atoms with van der Waals surface area (Å²) in [6, 6.07) is 9.10. The average molecular weight is 368 g/mol. The summed E-state index contributed by atoms with van der Waals surface area (Å²) >= 11 is 0. The minimum absolute atomic E-state index is 0.538. The Labute approximate surface area is 163 Å². The highest BCUT2D eigenvalue weighted by molar-refractivity contribution is 5.64. The van der Waals surface area contributed by atoms with E-state index in [4.69, 9.17) is 4.98 Å². The Balaban J connectivity index is 1.75. The Morgan fingerprint density at radius 3 is 2.41 bits per heavy atom. The predicted octanol–water partition coefficient (Wildman–Crippen LogP) is 5.43. The molecule has 1 aromatic heterocycles. The van der Waals surface area contributed by atoms with Gasteiger partial charge >= 0.3 is 0 Å². The molecule has 5 heteroatoms. The molecule has 0 unspecified atom stereocenters. The molecule has 0 spiro atoms. The van der Waals surface area contributed by atoms with Crippen molar-refractivity contribution in [2.45, 2.75) is 65.8 Å². The van der Waals surface area contributed by atoms with Crippen LogP contribution in [0.15, 0.2) is 24.3 Å². The first kappa shape index (κ1) is 19.5. The zero-order chi connectivity index (χ0) is 19.2. The largest absolute Gasteiger partial charge is 0.372 e. The number of anilines is 4. The first-order valence-corrected chi connectivity index (χ1v) is 10.3. The lowest BCUT2D eigenvalue weighted by molar-refractivity contribution is 0.462. The quantitative estimate of drug-likeness (QED) is 0.683. The van der Waals surface area contributed by atoms with Gasteiger partial charge in [-0.05, 0) is 64.3 Å². The van der Waals surface area contributed by atoms with Crippen molar-refractivity contribution in [2.24, 2.45) is 0 Å². The van der Waals surface area contributed by atoms with Crippen LogP contribution in [0.2, 0.25) is 0 Å². The summed E-state index contributed by atoms with van der Waals surface area (Å²) in [4.78, 5) is 11.6. The molecule has 0 bridgehead atoms. The Kier molecular flexibility index (Phi) is 6.54. The summed E-state index contributed by atoms with van der Waals surface area (Å²) < 4.78 is 0. The van der Waals surface area contributed by atoms with Gasteiger partial charge in [0.05, 0.1) is 0 Å². The number of nitrogens with zero attached hydrogens (tertiary/aromatic N) is 3. The third-order valence-corrected chi connectivity index (χ3v) is 5.40. The number of hydrogen-bond acceptors (Lipinski definition) is 5. The lowest BCUT2D eigenvalue weighted by Gasteiger charge is -2.24. The number of aromatic nitrogens is 2. The average Bonchev–Trinajstić information content (AvgIpc) is 2.65. The van der Waals surface area contributed by atoms with E-state index in [0.717, 1.165) is 30.3 Å². The molecule has 0 radical (unpaired) electrons. The number of nitrogens with one attached hydrogen (secondary N) is 2. The van der Waals surface area contributed by atoms with Gasteiger partial charge in [0.2, 0.25) is 5.95 Å². The van der Waals surface area contributed by atoms with Gasteiger partial charge in [-0.15, -0.1) is 0 Å². The van der Waals surface area contributed by atoms with E-state index in [9.17, 15) is 0 Å². The van der Waals surface area contributed by atoms with Gasteiger partial charge in [-0.1, -0.05) is 19.3 Å². The molecule has 1 fully saturated rings. The Morgan fingerprint density at radius 2 is 1.74 bits per heavy atom. The second-order valence-electron chi connectivity index (χ2n) is 7.49. The summed E-state index contributed by atoms with van der Waals surface area (Å²) in [7, 11) is 0. The van der Waals surface area contributed by atoms with Crippen LogP contribution in [-0.2, 0) is 0 Å². The smallest absolute Gasteiger partial charge is 0.229 e. The topological polar surface area (TPSA) is 53.1 Å². The molecule has 0 atom stereocenters. The zero-order valence-corrected chi connectivity index (χ0v) is 17.2. The van der Waals surface area contributed by atoms with E-state index in [0.29, 0.717) is 12.0 Å². The van der Waals surface area contributed by atoms with Crippen LogP contribution < -0.4 is 15.5 Å². The van der Waals surface area contributed by atoms with Crippen LogP contribution in [0.25, 0.3) is 0 Å². The molecule has 1 heterocycles. The molecule has 1 aliphatic carbocycles. The molecule has 2 N–H and O–H groups in total. The molecule has 3 rings (SSSR count). The van der Waals surface area contributed by atoms with Gasteiger partial charge in [0, 0.05) is 42.3 Å². The maximum Gasteiger partial charge on any atom is 0.229 e. The minimum Gasteiger partial charge on any atom is -0.372 e. The van der Waals surface area contributed by atoms with Crippen LogP contribution in [-0.4, -0.2) is 29.1 Å². The van der Waals surface area contributed by atoms with Crippen molar-refractivity contribution >= 4 is 23.1 Å². The van der Waals surface area contributed by atoms with Crippen molar-refractivity contribution in [3.63, 3.8) is 0 Å². The van der Waals surface area contributed by atoms with Crippen molar-refractivity contribution in [2.75, 3.05) is 28.6 Å². The highest BCUT2D eigenvalue weighted by Crippen LogP contribution is 2.26. The van der Waals surface area contributed by atoms with E-state index < -0.39 is 0 Å². The van der Waals surface area contributed by atoms with E-state index in [1.807, 2.05) is 13.0 Å². The van der Waals surface area contributed by atoms with E-state index in [-0.39, 0.29) is 0 Å². The van der Waals surface area contributed by atoms with Gasteiger partial charge in [0.1, 0.15) is 5.82 Å². The first-order chi connectivity index (χ1) is 13.1. The van der Waals surface area contributed by atoms with Crippen LogP contribution in [0.5, 0.6) is 0 Å². The van der Waals surface area contributed by atoms with Gasteiger partial charge in [-0.25, -0.2) is 4.98 Å². The number of benzene rings is 1. The van der Waals surface area contributed by atoms with Crippen molar-refractivity contribution in [1.82, 2.24) is 9.97 Å². The van der Waals surface area contributed by atoms with E-state index >= 15 is 0 Å². The van der Waals surface area contributed by atoms with Gasteiger partial charge in [0.15, 0.2) is 0 Å². The molecule has 1 aromatic carbocycles. The molecule has 1 saturated carbocycles. The lowest BCUT2D eigenvalue weighted by atomic mass is 9.95. The summed E-state index contributed by atoms with van der Waals surface area (Å²) in [6.45, 7) is 10.6. The Bertz CT molecular complexity index is 748. The summed E-state index contributed by atoms with van der Waals surface area (Å²) in [5.41, 5.74) is 4.49. The monoisotopic (exact) mass is 367 g/mol. The third kappa shape index (κ3) is 5.12. The Hall–Kier alpha value is -2.30. The van der Waals surface area contributed by atoms with Crippen molar-refractivity contribution in [3.8, 4) is 0 Å². The molecule has 0 aliphatic heterocycles. The zero-order valence-electron chi connectivity index (χ0n) is 17.2. The normalized spacial score (nSPS) is 14.8. The molecular formula is C22H33N5. The van der Waals surface area contributed by atoms with Crippen LogP contribution in [0.3, 0.4) is 0 Å². The molecule has 0 amide bonds. The Morgan fingerprint density at radius 1 is 1.00 bits per heavy atom.